The topological polar surface area (TPSA) is 208 Å². The Kier molecular flexibility index (Phi) is 27.5. The van der Waals surface area contributed by atoms with Crippen LogP contribution in [0.2, 0.25) is 0 Å². The highest BCUT2D eigenvalue weighted by Gasteiger charge is 2.53. The number of unbranched alkanes of at least 4 members (excludes halogenated alkanes) is 1. The molecule has 15 atom stereocenters. The van der Waals surface area contributed by atoms with E-state index in [0.717, 1.165) is 50.9 Å². The Balaban J connectivity index is 1.42. The van der Waals surface area contributed by atoms with Crippen molar-refractivity contribution in [2.75, 3.05) is 60.2 Å². The summed E-state index contributed by atoms with van der Waals surface area (Å²) < 4.78 is 37.2. The number of fused-ring (bicyclic) bond motifs is 3. The number of aliphatic hydroxyl groups excluding tert-OH is 2. The molecular weight excluding hydrogens is 997 g/mol. The highest BCUT2D eigenvalue weighted by molar-refractivity contribution is 6.39. The quantitative estimate of drug-likeness (QED) is 0.0611. The van der Waals surface area contributed by atoms with E-state index in [4.69, 9.17) is 28.4 Å². The normalized spacial score (nSPS) is 37.1. The standard InChI is InChI=1S/C62H100N2O14/c1-41-21-12-10-13-22-42(2)53(76-33-19-18-32-65)39-49-26-24-47(7)62(72,78-49)59(69)60(70)64-31-17-14-23-50(64)61(71)77-54(40-51(66)43(3)36-46(6)57(68)58(74-9)56(67)45(5)35-41)44(4)37-48-25-27-52(55(38-48)73-8)75-34-20-30-63-28-15-11-16-29-63/h10,12-13,21-22,36,41,43-45,47-50,52-55,57-58,65,68,72H,11,14-20,23-35,37-40H2,1-9H3/b13-10+,21-12+,42-22+,46-36+/t41-,43-,44-,45-,47-,48+,49+,50?,52-,53?,54+,55-,57-,58+,62-/m1/s1. The molecule has 16 nitrogen and oxygen atoms in total. The van der Waals surface area contributed by atoms with Gasteiger partial charge >= 0.3 is 5.97 Å². The number of ketones is 3. The second kappa shape index (κ2) is 32.9. The first kappa shape index (κ1) is 65.4. The minimum Gasteiger partial charge on any atom is -0.460 e. The maximum Gasteiger partial charge on any atom is 0.329 e. The van der Waals surface area contributed by atoms with E-state index in [0.29, 0.717) is 70.2 Å². The van der Waals surface area contributed by atoms with Gasteiger partial charge in [0.15, 0.2) is 5.78 Å². The van der Waals surface area contributed by atoms with Crippen LogP contribution in [-0.2, 0) is 52.4 Å². The summed E-state index contributed by atoms with van der Waals surface area (Å²) in [4.78, 5) is 75.7. The van der Waals surface area contributed by atoms with Gasteiger partial charge in [0, 0.05) is 77.7 Å². The minimum absolute atomic E-state index is 0.000147. The molecule has 0 aromatic heterocycles. The number of piperidine rings is 2. The predicted octanol–water partition coefficient (Wildman–Crippen LogP) is 8.22. The van der Waals surface area contributed by atoms with Gasteiger partial charge in [-0.3, -0.25) is 19.2 Å². The number of hydrogen-bond donors (Lipinski definition) is 3. The Morgan fingerprint density at radius 2 is 1.51 bits per heavy atom. The number of methoxy groups -OCH3 is 2. The first-order valence-corrected chi connectivity index (χ1v) is 29.8. The lowest BCUT2D eigenvalue weighted by atomic mass is 9.78. The van der Waals surface area contributed by atoms with Crippen LogP contribution in [0.4, 0.5) is 0 Å². The Morgan fingerprint density at radius 3 is 2.23 bits per heavy atom. The number of allylic oxidation sites excluding steroid dienone is 6. The lowest BCUT2D eigenvalue weighted by Gasteiger charge is -2.43. The molecule has 4 aliphatic heterocycles. The number of Topliss-reactive ketones (excluding diaryl/α,β-unsaturated/α-hetero) is 3. The molecule has 1 aliphatic carbocycles. The van der Waals surface area contributed by atoms with Crippen molar-refractivity contribution in [2.45, 2.75) is 219 Å². The van der Waals surface area contributed by atoms with Crippen LogP contribution >= 0.6 is 0 Å². The van der Waals surface area contributed by atoms with Gasteiger partial charge in [0.25, 0.3) is 11.7 Å². The van der Waals surface area contributed by atoms with E-state index in [1.54, 1.807) is 34.0 Å². The van der Waals surface area contributed by atoms with E-state index in [1.807, 2.05) is 58.1 Å². The van der Waals surface area contributed by atoms with Crippen LogP contribution in [0.3, 0.4) is 0 Å². The number of esters is 1. The summed E-state index contributed by atoms with van der Waals surface area (Å²) in [5.74, 6) is -7.92. The van der Waals surface area contributed by atoms with E-state index < -0.39 is 77.8 Å². The maximum absolute atomic E-state index is 14.7. The predicted molar refractivity (Wildman–Crippen MR) is 299 cm³/mol. The van der Waals surface area contributed by atoms with Gasteiger partial charge in [-0.15, -0.1) is 0 Å². The number of carbonyl (C=O) groups excluding carboxylic acids is 5. The molecule has 16 heteroatoms. The van der Waals surface area contributed by atoms with Crippen LogP contribution in [0, 0.1) is 35.5 Å². The summed E-state index contributed by atoms with van der Waals surface area (Å²) in [6.45, 7) is 17.3. The van der Waals surface area contributed by atoms with Gasteiger partial charge in [-0.1, -0.05) is 77.5 Å². The van der Waals surface area contributed by atoms with Crippen LogP contribution in [0.5, 0.6) is 0 Å². The van der Waals surface area contributed by atoms with E-state index in [-0.39, 0.29) is 73.9 Å². The van der Waals surface area contributed by atoms with Crippen LogP contribution in [0.25, 0.3) is 0 Å². The van der Waals surface area contributed by atoms with Crippen molar-refractivity contribution in [1.29, 1.82) is 0 Å². The number of aliphatic hydroxyl groups is 3. The summed E-state index contributed by atoms with van der Waals surface area (Å²) in [6.07, 6.45) is 18.4. The molecule has 3 N–H and O–H groups in total. The van der Waals surface area contributed by atoms with Gasteiger partial charge in [0.05, 0.1) is 24.4 Å². The van der Waals surface area contributed by atoms with E-state index in [1.165, 1.54) is 31.3 Å². The Morgan fingerprint density at radius 1 is 0.782 bits per heavy atom. The Hall–Kier alpha value is -3.45. The van der Waals surface area contributed by atoms with E-state index in [9.17, 15) is 39.3 Å². The number of rotatable bonds is 15. The fourth-order valence-corrected chi connectivity index (χ4v) is 12.4. The first-order chi connectivity index (χ1) is 37.3. The largest absolute Gasteiger partial charge is 0.460 e. The van der Waals surface area contributed by atoms with Crippen molar-refractivity contribution < 1.29 is 67.7 Å². The molecule has 0 radical (unpaired) electrons. The third kappa shape index (κ3) is 19.1. The Bertz CT molecular complexity index is 2030. The van der Waals surface area contributed by atoms with Gasteiger partial charge in [0.2, 0.25) is 5.79 Å². The second-order valence-corrected chi connectivity index (χ2v) is 23.8. The summed E-state index contributed by atoms with van der Waals surface area (Å²) in [5.41, 5.74) is 1.26. The van der Waals surface area contributed by atoms with Crippen molar-refractivity contribution in [3.05, 3.63) is 47.6 Å². The zero-order valence-corrected chi connectivity index (χ0v) is 49.0. The van der Waals surface area contributed by atoms with Crippen molar-refractivity contribution in [3.8, 4) is 0 Å². The molecule has 2 bridgehead atoms. The summed E-state index contributed by atoms with van der Waals surface area (Å²) >= 11 is 0. The summed E-state index contributed by atoms with van der Waals surface area (Å²) in [7, 11) is 3.11. The molecule has 0 aromatic rings. The van der Waals surface area contributed by atoms with Gasteiger partial charge < -0.3 is 53.5 Å². The molecule has 1 amide bonds. The van der Waals surface area contributed by atoms with Crippen molar-refractivity contribution >= 4 is 29.2 Å². The molecule has 2 unspecified atom stereocenters. The van der Waals surface area contributed by atoms with Crippen molar-refractivity contribution in [2.24, 2.45) is 35.5 Å². The first-order valence-electron chi connectivity index (χ1n) is 29.8. The zero-order chi connectivity index (χ0) is 56.9. The zero-order valence-electron chi connectivity index (χ0n) is 49.0. The number of nitrogens with zero attached hydrogens (tertiary/aromatic N) is 2. The fraction of sp³-hybridized carbons (Fsp3) is 0.790. The van der Waals surface area contributed by atoms with Crippen LogP contribution < -0.4 is 0 Å². The third-order valence-electron chi connectivity index (χ3n) is 17.4. The molecular formula is C62H100N2O14. The van der Waals surface area contributed by atoms with Crippen LogP contribution in [-0.4, -0.2) is 169 Å². The van der Waals surface area contributed by atoms with Crippen LogP contribution in [0.15, 0.2) is 47.6 Å². The average molecular weight is 1100 g/mol. The molecule has 0 spiro atoms. The smallest absolute Gasteiger partial charge is 0.329 e. The molecule has 78 heavy (non-hydrogen) atoms. The molecule has 5 aliphatic rings. The molecule has 4 heterocycles. The van der Waals surface area contributed by atoms with Gasteiger partial charge in [-0.25, -0.2) is 4.79 Å². The summed E-state index contributed by atoms with van der Waals surface area (Å²) in [6, 6.07) is -1.15. The molecule has 442 valence electrons. The lowest BCUT2D eigenvalue weighted by molar-refractivity contribution is -0.266. The molecule has 5 rings (SSSR count). The van der Waals surface area contributed by atoms with Crippen molar-refractivity contribution in [3.63, 3.8) is 0 Å². The third-order valence-corrected chi connectivity index (χ3v) is 17.4. The van der Waals surface area contributed by atoms with Gasteiger partial charge in [-0.2, -0.15) is 0 Å². The van der Waals surface area contributed by atoms with Gasteiger partial charge in [-0.05, 0) is 152 Å². The fourth-order valence-electron chi connectivity index (χ4n) is 12.4. The SMILES string of the molecule is CO[C@@H]1C[C@H](C[C@@H](C)[C@@H]2CC(=O)[C@H](C)/C=C(\C)[C@@H](O)[C@@H](OC)C(=O)[C@H](C)C[C@H](C)/C=C/C=C/C=C(\C)C(OCCCCO)C[C@@H]3CC[C@@H](C)[C@@](O)(O3)C(=O)C(=O)N3CCCCC3C(=O)O2)CC[C@H]1OCCCN1CCCCC1. The monoisotopic (exact) mass is 1100 g/mol. The second-order valence-electron chi connectivity index (χ2n) is 23.8. The number of hydrogen-bond acceptors (Lipinski definition) is 15. The highest BCUT2D eigenvalue weighted by Crippen LogP contribution is 2.38. The summed E-state index contributed by atoms with van der Waals surface area (Å²) in [5, 5.41) is 33.2. The molecule has 0 aromatic carbocycles. The van der Waals surface area contributed by atoms with Crippen LogP contribution in [0.1, 0.15) is 164 Å². The number of cyclic esters (lactones) is 1. The lowest BCUT2D eigenvalue weighted by Crippen LogP contribution is -2.61. The molecule has 3 saturated heterocycles. The maximum atomic E-state index is 14.7. The number of carbonyl (C=O) groups is 5. The average Bonchev–Trinajstić information content (AvgIpc) is 3.47. The number of amides is 1. The number of ether oxygens (including phenoxy) is 6. The van der Waals surface area contributed by atoms with E-state index in [2.05, 4.69) is 4.90 Å². The number of likely N-dealkylation sites (tertiary alicyclic amines) is 1. The Labute approximate surface area is 467 Å². The highest BCUT2D eigenvalue weighted by atomic mass is 16.6. The molecule has 4 fully saturated rings. The van der Waals surface area contributed by atoms with Crippen molar-refractivity contribution in [1.82, 2.24) is 9.80 Å². The van der Waals surface area contributed by atoms with Gasteiger partial charge in [0.1, 0.15) is 30.1 Å². The van der Waals surface area contributed by atoms with E-state index >= 15 is 0 Å². The minimum atomic E-state index is -2.46. The molecule has 1 saturated carbocycles.